The molecule has 0 heterocycles. The summed E-state index contributed by atoms with van der Waals surface area (Å²) in [6.45, 7) is -0.0468. The molecule has 0 atom stereocenters. The van der Waals surface area contributed by atoms with E-state index in [0.717, 1.165) is 30.8 Å². The van der Waals surface area contributed by atoms with Gasteiger partial charge in [0.05, 0.1) is 13.2 Å². The second kappa shape index (κ2) is 4.84. The highest BCUT2D eigenvalue weighted by Crippen LogP contribution is 2.32. The first-order valence-electron chi connectivity index (χ1n) is 4.79. The first-order chi connectivity index (χ1) is 7.69. The number of aliphatic hydroxyl groups excluding tert-OH is 2. The van der Waals surface area contributed by atoms with Crippen LogP contribution in [0.1, 0.15) is 11.1 Å². The highest BCUT2D eigenvalue weighted by molar-refractivity contribution is 9.10. The van der Waals surface area contributed by atoms with E-state index in [0.29, 0.717) is 0 Å². The lowest BCUT2D eigenvalue weighted by Crippen LogP contribution is -1.93. The van der Waals surface area contributed by atoms with Crippen molar-refractivity contribution in [3.63, 3.8) is 0 Å². The summed E-state index contributed by atoms with van der Waals surface area (Å²) in [5.41, 5.74) is 1.69. The fourth-order valence-corrected chi connectivity index (χ4v) is 2.74. The number of hydrogen-bond donors (Lipinski definition) is 2. The van der Waals surface area contributed by atoms with E-state index >= 15 is 0 Å². The zero-order valence-electron chi connectivity index (χ0n) is 8.37. The van der Waals surface area contributed by atoms with Gasteiger partial charge in [0.25, 0.3) is 0 Å². The monoisotopic (exact) mass is 344 g/mol. The molecule has 0 aromatic heterocycles. The molecule has 0 bridgehead atoms. The van der Waals surface area contributed by atoms with Crippen LogP contribution < -0.4 is 0 Å². The fourth-order valence-electron chi connectivity index (χ4n) is 1.80. The van der Waals surface area contributed by atoms with Crippen LogP contribution in [0.15, 0.2) is 33.2 Å². The standard InChI is InChI=1S/C12H10Br2O2/c13-11-3-1-7-8(10(11)6-16)2-4-12(14)9(7)5-15/h1-4,15-16H,5-6H2. The maximum absolute atomic E-state index is 9.35. The number of aliphatic hydroxyl groups is 2. The van der Waals surface area contributed by atoms with Crippen molar-refractivity contribution in [2.75, 3.05) is 0 Å². The molecule has 0 radical (unpaired) electrons. The smallest absolute Gasteiger partial charge is 0.0698 e. The van der Waals surface area contributed by atoms with Crippen molar-refractivity contribution in [3.8, 4) is 0 Å². The first-order valence-corrected chi connectivity index (χ1v) is 6.37. The Morgan fingerprint density at radius 3 is 1.44 bits per heavy atom. The zero-order valence-corrected chi connectivity index (χ0v) is 11.5. The molecule has 0 unspecified atom stereocenters. The first kappa shape index (κ1) is 12.0. The quantitative estimate of drug-likeness (QED) is 0.876. The van der Waals surface area contributed by atoms with Crippen molar-refractivity contribution in [1.82, 2.24) is 0 Å². The van der Waals surface area contributed by atoms with E-state index in [-0.39, 0.29) is 13.2 Å². The molecule has 0 saturated heterocycles. The maximum Gasteiger partial charge on any atom is 0.0698 e. The Hall–Kier alpha value is -0.420. The third-order valence-electron chi connectivity index (χ3n) is 2.63. The van der Waals surface area contributed by atoms with Crippen LogP contribution >= 0.6 is 31.9 Å². The predicted octanol–water partition coefficient (Wildman–Crippen LogP) is 3.35. The minimum atomic E-state index is -0.0234. The average Bonchev–Trinajstić information content (AvgIpc) is 2.29. The highest BCUT2D eigenvalue weighted by Gasteiger charge is 2.10. The van der Waals surface area contributed by atoms with Gasteiger partial charge >= 0.3 is 0 Å². The van der Waals surface area contributed by atoms with Gasteiger partial charge in [0.1, 0.15) is 0 Å². The van der Waals surface area contributed by atoms with Gasteiger partial charge in [0.15, 0.2) is 0 Å². The summed E-state index contributed by atoms with van der Waals surface area (Å²) in [7, 11) is 0. The Balaban J connectivity index is 2.87. The molecule has 84 valence electrons. The van der Waals surface area contributed by atoms with Crippen LogP contribution in [-0.4, -0.2) is 10.2 Å². The molecule has 2 aromatic rings. The third-order valence-corrected chi connectivity index (χ3v) is 4.11. The molecule has 2 nitrogen and oxygen atoms in total. The maximum atomic E-state index is 9.35. The van der Waals surface area contributed by atoms with Gasteiger partial charge in [0.2, 0.25) is 0 Å². The van der Waals surface area contributed by atoms with Crippen molar-refractivity contribution in [2.45, 2.75) is 13.2 Å². The fraction of sp³-hybridized carbons (Fsp3) is 0.167. The predicted molar refractivity (Wildman–Crippen MR) is 71.2 cm³/mol. The highest BCUT2D eigenvalue weighted by atomic mass is 79.9. The van der Waals surface area contributed by atoms with Crippen molar-refractivity contribution in [1.29, 1.82) is 0 Å². The molecule has 0 amide bonds. The molecule has 2 rings (SSSR count). The lowest BCUT2D eigenvalue weighted by molar-refractivity contribution is 0.281. The molecule has 0 aliphatic heterocycles. The van der Waals surface area contributed by atoms with Crippen LogP contribution in [0.5, 0.6) is 0 Å². The third kappa shape index (κ3) is 1.91. The molecule has 0 aliphatic rings. The second-order valence-corrected chi connectivity index (χ2v) is 5.17. The van der Waals surface area contributed by atoms with Crippen LogP contribution in [0, 0.1) is 0 Å². The Morgan fingerprint density at radius 1 is 0.750 bits per heavy atom. The Morgan fingerprint density at radius 2 is 1.12 bits per heavy atom. The summed E-state index contributed by atoms with van der Waals surface area (Å²) in [4.78, 5) is 0. The van der Waals surface area contributed by atoms with Crippen molar-refractivity contribution < 1.29 is 10.2 Å². The average molecular weight is 346 g/mol. The Labute approximate surface area is 110 Å². The van der Waals surface area contributed by atoms with Crippen molar-refractivity contribution in [2.24, 2.45) is 0 Å². The van der Waals surface area contributed by atoms with Crippen LogP contribution in [0.4, 0.5) is 0 Å². The van der Waals surface area contributed by atoms with Gasteiger partial charge < -0.3 is 10.2 Å². The Bertz CT molecular complexity index is 489. The van der Waals surface area contributed by atoms with Gasteiger partial charge in [-0.25, -0.2) is 0 Å². The van der Waals surface area contributed by atoms with Gasteiger partial charge in [-0.2, -0.15) is 0 Å². The van der Waals surface area contributed by atoms with Gasteiger partial charge in [-0.1, -0.05) is 44.0 Å². The lowest BCUT2D eigenvalue weighted by atomic mass is 10.0. The van der Waals surface area contributed by atoms with Crippen molar-refractivity contribution >= 4 is 42.6 Å². The second-order valence-electron chi connectivity index (χ2n) is 3.46. The van der Waals surface area contributed by atoms with E-state index in [1.165, 1.54) is 0 Å². The van der Waals surface area contributed by atoms with E-state index in [2.05, 4.69) is 31.9 Å². The van der Waals surface area contributed by atoms with E-state index in [1.807, 2.05) is 24.3 Å². The molecule has 0 fully saturated rings. The van der Waals surface area contributed by atoms with Gasteiger partial charge in [0, 0.05) is 8.95 Å². The normalized spacial score (nSPS) is 11.0. The molecule has 2 aromatic carbocycles. The number of benzene rings is 2. The molecule has 2 N–H and O–H groups in total. The minimum absolute atomic E-state index is 0.0234. The Kier molecular flexibility index (Phi) is 3.64. The van der Waals surface area contributed by atoms with Gasteiger partial charge in [-0.05, 0) is 34.0 Å². The van der Waals surface area contributed by atoms with Crippen LogP contribution in [0.2, 0.25) is 0 Å². The van der Waals surface area contributed by atoms with Gasteiger partial charge in [-0.3, -0.25) is 0 Å². The molecule has 0 saturated carbocycles. The summed E-state index contributed by atoms with van der Waals surface area (Å²) < 4.78 is 1.77. The summed E-state index contributed by atoms with van der Waals surface area (Å²) in [5.74, 6) is 0. The molecule has 0 aliphatic carbocycles. The molecular formula is C12H10Br2O2. The topological polar surface area (TPSA) is 40.5 Å². The van der Waals surface area contributed by atoms with Crippen molar-refractivity contribution in [3.05, 3.63) is 44.3 Å². The summed E-state index contributed by atoms with van der Waals surface area (Å²) in [5, 5.41) is 20.6. The van der Waals surface area contributed by atoms with Crippen LogP contribution in [-0.2, 0) is 13.2 Å². The van der Waals surface area contributed by atoms with E-state index in [9.17, 15) is 10.2 Å². The van der Waals surface area contributed by atoms with E-state index < -0.39 is 0 Å². The number of rotatable bonds is 2. The number of halogens is 2. The summed E-state index contributed by atoms with van der Waals surface area (Å²) in [6.07, 6.45) is 0. The lowest BCUT2D eigenvalue weighted by Gasteiger charge is -2.11. The van der Waals surface area contributed by atoms with E-state index in [4.69, 9.17) is 0 Å². The van der Waals surface area contributed by atoms with E-state index in [1.54, 1.807) is 0 Å². The largest absolute Gasteiger partial charge is 0.392 e. The van der Waals surface area contributed by atoms with Crippen LogP contribution in [0.3, 0.4) is 0 Å². The molecule has 0 spiro atoms. The molecule has 16 heavy (non-hydrogen) atoms. The SMILES string of the molecule is OCc1c(Br)ccc2c(CO)c(Br)ccc12. The zero-order chi connectivity index (χ0) is 11.7. The number of hydrogen-bond acceptors (Lipinski definition) is 2. The molecule has 4 heteroatoms. The van der Waals surface area contributed by atoms with Gasteiger partial charge in [-0.15, -0.1) is 0 Å². The summed E-state index contributed by atoms with van der Waals surface area (Å²) >= 11 is 6.82. The molecular weight excluding hydrogens is 336 g/mol. The van der Waals surface area contributed by atoms with Crippen LogP contribution in [0.25, 0.3) is 10.8 Å². The number of fused-ring (bicyclic) bond motifs is 1. The summed E-state index contributed by atoms with van der Waals surface area (Å²) in [6, 6.07) is 7.66. The minimum Gasteiger partial charge on any atom is -0.392 e.